The lowest BCUT2D eigenvalue weighted by molar-refractivity contribution is -0.0952. The number of aliphatic hydroxyl groups excluding tert-OH is 2. The first-order valence-corrected chi connectivity index (χ1v) is 9.46. The molecule has 7 atom stereocenters. The fraction of sp³-hybridized carbons (Fsp3) is 0.900. The molecule has 23 heavy (non-hydrogen) atoms. The molecule has 0 aromatic heterocycles. The lowest BCUT2D eigenvalue weighted by Crippen LogP contribution is -2.55. The van der Waals surface area contributed by atoms with Crippen molar-refractivity contribution in [1.29, 1.82) is 0 Å². The van der Waals surface area contributed by atoms with Crippen molar-refractivity contribution < 1.29 is 14.9 Å². The number of aliphatic hydroxyl groups is 2. The second-order valence-corrected chi connectivity index (χ2v) is 9.49. The summed E-state index contributed by atoms with van der Waals surface area (Å²) in [5.41, 5.74) is 1.71. The molecule has 0 unspecified atom stereocenters. The smallest absolute Gasteiger partial charge is 0.0868 e. The summed E-state index contributed by atoms with van der Waals surface area (Å²) in [5, 5.41) is 20.5. The number of allylic oxidation sites excluding steroid dienone is 1. The Morgan fingerprint density at radius 2 is 1.96 bits per heavy atom. The number of rotatable bonds is 1. The molecular weight excluding hydrogens is 288 g/mol. The van der Waals surface area contributed by atoms with Gasteiger partial charge in [-0.15, -0.1) is 0 Å². The Bertz CT molecular complexity index is 529. The summed E-state index contributed by atoms with van der Waals surface area (Å²) in [7, 11) is 0. The first-order chi connectivity index (χ1) is 10.8. The molecule has 0 bridgehead atoms. The highest BCUT2D eigenvalue weighted by Crippen LogP contribution is 2.64. The van der Waals surface area contributed by atoms with Crippen molar-refractivity contribution in [2.75, 3.05) is 13.2 Å². The molecule has 0 radical (unpaired) electrons. The first kappa shape index (κ1) is 16.1. The van der Waals surface area contributed by atoms with Crippen LogP contribution in [0.4, 0.5) is 0 Å². The third-order valence-electron chi connectivity index (χ3n) is 8.30. The van der Waals surface area contributed by atoms with Gasteiger partial charge in [-0.05, 0) is 60.3 Å². The Morgan fingerprint density at radius 1 is 1.17 bits per heavy atom. The highest BCUT2D eigenvalue weighted by Gasteiger charge is 2.60. The predicted octanol–water partition coefficient (Wildman–Crippen LogP) is 3.30. The molecule has 2 N–H and O–H groups in total. The van der Waals surface area contributed by atoms with Crippen LogP contribution in [0, 0.1) is 28.1 Å². The average Bonchev–Trinajstić information content (AvgIpc) is 2.83. The Morgan fingerprint density at radius 3 is 2.70 bits per heavy atom. The van der Waals surface area contributed by atoms with E-state index < -0.39 is 0 Å². The minimum Gasteiger partial charge on any atom is -0.396 e. The van der Waals surface area contributed by atoms with E-state index in [-0.39, 0.29) is 28.5 Å². The van der Waals surface area contributed by atoms with E-state index in [0.29, 0.717) is 25.0 Å². The van der Waals surface area contributed by atoms with Crippen LogP contribution in [0.15, 0.2) is 11.6 Å². The van der Waals surface area contributed by atoms with Crippen LogP contribution < -0.4 is 0 Å². The normalized spacial score (nSPS) is 55.6. The van der Waals surface area contributed by atoms with E-state index in [1.807, 2.05) is 0 Å². The van der Waals surface area contributed by atoms with Crippen molar-refractivity contribution in [2.45, 2.75) is 71.5 Å². The standard InChI is InChI=1S/C20H32O3/c1-18(12-21)8-4-9-19(2)14-7-10-20(3)16(22)11-23-17(20)13(14)5-6-15(18)19/h5,14-17,21-22H,4,6-12H2,1-3H3/t14-,15-,16-,17+,18-,19+,20+/m0/s1. The number of hydrogen-bond acceptors (Lipinski definition) is 3. The third-order valence-corrected chi connectivity index (χ3v) is 8.30. The Labute approximate surface area is 140 Å². The molecule has 0 aromatic rings. The van der Waals surface area contributed by atoms with Crippen molar-refractivity contribution in [3.05, 3.63) is 11.6 Å². The van der Waals surface area contributed by atoms with Gasteiger partial charge in [-0.25, -0.2) is 0 Å². The summed E-state index contributed by atoms with van der Waals surface area (Å²) >= 11 is 0. The highest BCUT2D eigenvalue weighted by molar-refractivity contribution is 5.29. The van der Waals surface area contributed by atoms with Crippen molar-refractivity contribution in [2.24, 2.45) is 28.1 Å². The van der Waals surface area contributed by atoms with Gasteiger partial charge in [0.15, 0.2) is 0 Å². The lowest BCUT2D eigenvalue weighted by atomic mass is 9.45. The molecular formula is C20H32O3. The van der Waals surface area contributed by atoms with Gasteiger partial charge in [0.25, 0.3) is 0 Å². The molecule has 3 fully saturated rings. The summed E-state index contributed by atoms with van der Waals surface area (Å²) in [4.78, 5) is 0. The maximum Gasteiger partial charge on any atom is 0.0868 e. The molecule has 1 aliphatic heterocycles. The van der Waals surface area contributed by atoms with E-state index in [4.69, 9.17) is 4.74 Å². The first-order valence-electron chi connectivity index (χ1n) is 9.46. The maximum absolute atomic E-state index is 10.4. The molecule has 3 nitrogen and oxygen atoms in total. The molecule has 1 heterocycles. The van der Waals surface area contributed by atoms with E-state index in [1.165, 1.54) is 18.4 Å². The maximum atomic E-state index is 10.4. The van der Waals surface area contributed by atoms with Crippen molar-refractivity contribution >= 4 is 0 Å². The summed E-state index contributed by atoms with van der Waals surface area (Å²) < 4.78 is 6.08. The SMILES string of the molecule is C[C@@]1(CO)CCC[C@]2(C)[C@H]3CC[C@@]4(C)[C@H](OC[C@@H]4O)C3=CC[C@@H]12. The largest absolute Gasteiger partial charge is 0.396 e. The number of hydrogen-bond donors (Lipinski definition) is 2. The van der Waals surface area contributed by atoms with Crippen LogP contribution in [-0.2, 0) is 4.74 Å². The van der Waals surface area contributed by atoms with Crippen LogP contribution >= 0.6 is 0 Å². The fourth-order valence-corrected chi connectivity index (χ4v) is 6.71. The molecule has 2 saturated carbocycles. The van der Waals surface area contributed by atoms with Crippen LogP contribution in [0.3, 0.4) is 0 Å². The van der Waals surface area contributed by atoms with Gasteiger partial charge in [0.2, 0.25) is 0 Å². The molecule has 4 aliphatic rings. The molecule has 0 spiro atoms. The lowest BCUT2D eigenvalue weighted by Gasteiger charge is -2.60. The van der Waals surface area contributed by atoms with Crippen molar-refractivity contribution in [3.8, 4) is 0 Å². The molecule has 130 valence electrons. The zero-order valence-corrected chi connectivity index (χ0v) is 14.8. The van der Waals surface area contributed by atoms with E-state index in [1.54, 1.807) is 0 Å². The van der Waals surface area contributed by atoms with E-state index in [9.17, 15) is 10.2 Å². The average molecular weight is 320 g/mol. The fourth-order valence-electron chi connectivity index (χ4n) is 6.71. The van der Waals surface area contributed by atoms with Gasteiger partial charge in [-0.3, -0.25) is 0 Å². The van der Waals surface area contributed by atoms with Crippen molar-refractivity contribution in [1.82, 2.24) is 0 Å². The van der Waals surface area contributed by atoms with E-state index >= 15 is 0 Å². The number of ether oxygens (including phenoxy) is 1. The molecule has 3 aliphatic carbocycles. The van der Waals surface area contributed by atoms with Crippen LogP contribution in [-0.4, -0.2) is 35.6 Å². The van der Waals surface area contributed by atoms with Crippen molar-refractivity contribution in [3.63, 3.8) is 0 Å². The Kier molecular flexibility index (Phi) is 3.54. The van der Waals surface area contributed by atoms with E-state index in [2.05, 4.69) is 26.8 Å². The molecule has 4 rings (SSSR count). The topological polar surface area (TPSA) is 49.7 Å². The second-order valence-electron chi connectivity index (χ2n) is 9.49. The van der Waals surface area contributed by atoms with Crippen LogP contribution in [0.2, 0.25) is 0 Å². The molecule has 0 amide bonds. The highest BCUT2D eigenvalue weighted by atomic mass is 16.5. The minimum absolute atomic E-state index is 0.0613. The summed E-state index contributed by atoms with van der Waals surface area (Å²) in [6.45, 7) is 7.76. The van der Waals surface area contributed by atoms with Crippen LogP contribution in [0.1, 0.15) is 59.3 Å². The summed E-state index contributed by atoms with van der Waals surface area (Å²) in [6.07, 6.45) is 9.12. The molecule has 3 heteroatoms. The quantitative estimate of drug-likeness (QED) is 0.729. The Hall–Kier alpha value is -0.380. The zero-order chi connectivity index (χ0) is 16.5. The predicted molar refractivity (Wildman–Crippen MR) is 89.9 cm³/mol. The van der Waals surface area contributed by atoms with Gasteiger partial charge >= 0.3 is 0 Å². The van der Waals surface area contributed by atoms with E-state index in [0.717, 1.165) is 25.7 Å². The van der Waals surface area contributed by atoms with Gasteiger partial charge in [0, 0.05) is 12.0 Å². The molecule has 0 aromatic carbocycles. The third kappa shape index (κ3) is 1.99. The zero-order valence-electron chi connectivity index (χ0n) is 14.8. The Balaban J connectivity index is 1.73. The molecule has 1 saturated heterocycles. The minimum atomic E-state index is -0.325. The summed E-state index contributed by atoms with van der Waals surface area (Å²) in [5.74, 6) is 1.13. The second kappa shape index (κ2) is 5.06. The summed E-state index contributed by atoms with van der Waals surface area (Å²) in [6, 6.07) is 0. The van der Waals surface area contributed by atoms with Gasteiger partial charge in [0.1, 0.15) is 0 Å². The van der Waals surface area contributed by atoms with Gasteiger partial charge in [-0.2, -0.15) is 0 Å². The van der Waals surface area contributed by atoms with Gasteiger partial charge in [0.05, 0.1) is 18.8 Å². The number of fused-ring (bicyclic) bond motifs is 5. The van der Waals surface area contributed by atoms with Gasteiger partial charge < -0.3 is 14.9 Å². The van der Waals surface area contributed by atoms with Crippen LogP contribution in [0.25, 0.3) is 0 Å². The van der Waals surface area contributed by atoms with Gasteiger partial charge in [-0.1, -0.05) is 33.3 Å². The van der Waals surface area contributed by atoms with Crippen LogP contribution in [0.5, 0.6) is 0 Å². The monoisotopic (exact) mass is 320 g/mol.